The van der Waals surface area contributed by atoms with Gasteiger partial charge in [-0.2, -0.15) is 0 Å². The van der Waals surface area contributed by atoms with Crippen LogP contribution in [-0.4, -0.2) is 27.0 Å². The molecule has 0 saturated carbocycles. The zero-order chi connectivity index (χ0) is 27.9. The average Bonchev–Trinajstić information content (AvgIpc) is 3.00. The SMILES string of the molecule is CCOc1ccccc1-n1c(C(C)N(Cc2ccccc2)C(=O)C=Cc2ccccc2)nc2ccccc2c1=O. The summed E-state index contributed by atoms with van der Waals surface area (Å²) in [6, 6.07) is 33.7. The first-order valence-corrected chi connectivity index (χ1v) is 13.4. The van der Waals surface area contributed by atoms with E-state index in [4.69, 9.17) is 9.72 Å². The van der Waals surface area contributed by atoms with Gasteiger partial charge in [0.25, 0.3) is 5.56 Å². The van der Waals surface area contributed by atoms with Gasteiger partial charge in [0.1, 0.15) is 11.6 Å². The van der Waals surface area contributed by atoms with Crippen LogP contribution in [0.25, 0.3) is 22.7 Å². The van der Waals surface area contributed by atoms with Crippen molar-refractivity contribution >= 4 is 22.9 Å². The molecule has 5 rings (SSSR count). The smallest absolute Gasteiger partial charge is 0.266 e. The van der Waals surface area contributed by atoms with Crippen LogP contribution in [0.5, 0.6) is 5.75 Å². The van der Waals surface area contributed by atoms with Crippen LogP contribution in [0.4, 0.5) is 0 Å². The van der Waals surface area contributed by atoms with Gasteiger partial charge < -0.3 is 9.64 Å². The van der Waals surface area contributed by atoms with Crippen molar-refractivity contribution in [3.8, 4) is 11.4 Å². The number of carbonyl (C=O) groups is 1. The average molecular weight is 530 g/mol. The van der Waals surface area contributed by atoms with Gasteiger partial charge in [-0.25, -0.2) is 4.98 Å². The van der Waals surface area contributed by atoms with E-state index in [1.54, 1.807) is 27.7 Å². The minimum Gasteiger partial charge on any atom is -0.492 e. The maximum absolute atomic E-state index is 14.0. The van der Waals surface area contributed by atoms with Crippen molar-refractivity contribution in [3.05, 3.63) is 143 Å². The van der Waals surface area contributed by atoms with Crippen LogP contribution in [0.2, 0.25) is 0 Å². The fourth-order valence-electron chi connectivity index (χ4n) is 4.74. The van der Waals surface area contributed by atoms with E-state index in [0.29, 0.717) is 41.3 Å². The Bertz CT molecular complexity index is 1690. The van der Waals surface area contributed by atoms with Gasteiger partial charge in [0.05, 0.1) is 29.2 Å². The lowest BCUT2D eigenvalue weighted by atomic mass is 10.1. The molecular formula is C34H31N3O3. The Morgan fingerprint density at radius 2 is 1.55 bits per heavy atom. The van der Waals surface area contributed by atoms with Crippen LogP contribution >= 0.6 is 0 Å². The second-order valence-electron chi connectivity index (χ2n) is 9.40. The summed E-state index contributed by atoms with van der Waals surface area (Å²) < 4.78 is 7.49. The second-order valence-corrected chi connectivity index (χ2v) is 9.40. The standard InChI is InChI=1S/C34H31N3O3/c1-3-40-31-21-13-12-20-30(31)37-33(35-29-19-11-10-18-28(29)34(37)39)25(2)36(24-27-16-8-5-9-17-27)32(38)23-22-26-14-6-4-7-15-26/h4-23,25H,3,24H2,1-2H3. The summed E-state index contributed by atoms with van der Waals surface area (Å²) >= 11 is 0. The summed E-state index contributed by atoms with van der Waals surface area (Å²) in [5.41, 5.74) is 2.84. The lowest BCUT2D eigenvalue weighted by Crippen LogP contribution is -2.36. The molecule has 6 nitrogen and oxygen atoms in total. The van der Waals surface area contributed by atoms with E-state index in [-0.39, 0.29) is 11.5 Å². The molecule has 5 aromatic rings. The first-order valence-electron chi connectivity index (χ1n) is 13.4. The lowest BCUT2D eigenvalue weighted by molar-refractivity contribution is -0.128. The zero-order valence-electron chi connectivity index (χ0n) is 22.6. The molecule has 0 radical (unpaired) electrons. The van der Waals surface area contributed by atoms with Crippen molar-refractivity contribution in [1.82, 2.24) is 14.5 Å². The van der Waals surface area contributed by atoms with E-state index in [1.165, 1.54) is 0 Å². The number of hydrogen-bond donors (Lipinski definition) is 0. The largest absolute Gasteiger partial charge is 0.492 e. The molecule has 0 aliphatic heterocycles. The molecule has 0 N–H and O–H groups in total. The van der Waals surface area contributed by atoms with Crippen LogP contribution in [0.3, 0.4) is 0 Å². The van der Waals surface area contributed by atoms with Gasteiger partial charge in [0.2, 0.25) is 5.91 Å². The van der Waals surface area contributed by atoms with Crippen LogP contribution in [0, 0.1) is 0 Å². The Hall–Kier alpha value is -4.97. The van der Waals surface area contributed by atoms with Gasteiger partial charge in [0.15, 0.2) is 0 Å². The molecule has 1 atom stereocenters. The zero-order valence-corrected chi connectivity index (χ0v) is 22.6. The molecule has 6 heteroatoms. The third-order valence-corrected chi connectivity index (χ3v) is 6.75. The minimum absolute atomic E-state index is 0.188. The third kappa shape index (κ3) is 5.71. The molecule has 1 aromatic heterocycles. The highest BCUT2D eigenvalue weighted by Crippen LogP contribution is 2.29. The number of rotatable bonds is 9. The molecule has 1 amide bonds. The predicted octanol–water partition coefficient (Wildman–Crippen LogP) is 6.59. The highest BCUT2D eigenvalue weighted by atomic mass is 16.5. The van der Waals surface area contributed by atoms with Crippen molar-refractivity contribution in [2.45, 2.75) is 26.4 Å². The van der Waals surface area contributed by atoms with Crippen LogP contribution in [-0.2, 0) is 11.3 Å². The number of aromatic nitrogens is 2. The van der Waals surface area contributed by atoms with Crippen molar-refractivity contribution in [2.75, 3.05) is 6.61 Å². The summed E-state index contributed by atoms with van der Waals surface area (Å²) in [5, 5.41) is 0.495. The first kappa shape index (κ1) is 26.6. The maximum Gasteiger partial charge on any atom is 0.266 e. The Labute approximate surface area is 233 Å². The molecule has 200 valence electrons. The van der Waals surface area contributed by atoms with Gasteiger partial charge in [-0.1, -0.05) is 84.9 Å². The Morgan fingerprint density at radius 1 is 0.900 bits per heavy atom. The number of amides is 1. The molecule has 40 heavy (non-hydrogen) atoms. The van der Waals surface area contributed by atoms with E-state index in [9.17, 15) is 9.59 Å². The monoisotopic (exact) mass is 529 g/mol. The summed E-state index contributed by atoms with van der Waals surface area (Å²) in [6.45, 7) is 4.60. The summed E-state index contributed by atoms with van der Waals surface area (Å²) in [4.78, 5) is 34.5. The molecule has 1 unspecified atom stereocenters. The van der Waals surface area contributed by atoms with E-state index in [0.717, 1.165) is 11.1 Å². The normalized spacial score (nSPS) is 11.9. The van der Waals surface area contributed by atoms with Gasteiger partial charge >= 0.3 is 0 Å². The lowest BCUT2D eigenvalue weighted by Gasteiger charge is -2.30. The molecular weight excluding hydrogens is 498 g/mol. The summed E-state index contributed by atoms with van der Waals surface area (Å²) in [6.07, 6.45) is 3.38. The molecule has 0 spiro atoms. The van der Waals surface area contributed by atoms with Crippen molar-refractivity contribution < 1.29 is 9.53 Å². The molecule has 0 aliphatic carbocycles. The van der Waals surface area contributed by atoms with Gasteiger partial charge in [0, 0.05) is 12.6 Å². The number of fused-ring (bicyclic) bond motifs is 1. The van der Waals surface area contributed by atoms with E-state index < -0.39 is 6.04 Å². The summed E-state index contributed by atoms with van der Waals surface area (Å²) in [7, 11) is 0. The highest BCUT2D eigenvalue weighted by molar-refractivity contribution is 5.92. The van der Waals surface area contributed by atoms with Gasteiger partial charge in [-0.3, -0.25) is 14.2 Å². The Balaban J connectivity index is 1.67. The summed E-state index contributed by atoms with van der Waals surface area (Å²) in [5.74, 6) is 0.836. The topological polar surface area (TPSA) is 64.4 Å². The molecule has 0 saturated heterocycles. The quantitative estimate of drug-likeness (QED) is 0.202. The van der Waals surface area contributed by atoms with E-state index in [1.807, 2.05) is 117 Å². The Kier molecular flexibility index (Phi) is 8.16. The van der Waals surface area contributed by atoms with Crippen molar-refractivity contribution in [1.29, 1.82) is 0 Å². The molecule has 0 aliphatic rings. The van der Waals surface area contributed by atoms with Crippen LogP contribution in [0.15, 0.2) is 120 Å². The number of nitrogens with zero attached hydrogens (tertiary/aromatic N) is 3. The van der Waals surface area contributed by atoms with Crippen molar-refractivity contribution in [3.63, 3.8) is 0 Å². The first-order chi connectivity index (χ1) is 19.6. The van der Waals surface area contributed by atoms with E-state index in [2.05, 4.69) is 0 Å². The number of benzene rings is 4. The number of carbonyl (C=O) groups excluding carboxylic acids is 1. The van der Waals surface area contributed by atoms with Crippen molar-refractivity contribution in [2.24, 2.45) is 0 Å². The third-order valence-electron chi connectivity index (χ3n) is 6.75. The molecule has 0 fully saturated rings. The van der Waals surface area contributed by atoms with Gasteiger partial charge in [-0.05, 0) is 55.3 Å². The fourth-order valence-corrected chi connectivity index (χ4v) is 4.74. The van der Waals surface area contributed by atoms with Crippen LogP contribution in [0.1, 0.15) is 36.8 Å². The molecule has 4 aromatic carbocycles. The number of para-hydroxylation sites is 3. The Morgan fingerprint density at radius 3 is 2.30 bits per heavy atom. The minimum atomic E-state index is -0.555. The van der Waals surface area contributed by atoms with Gasteiger partial charge in [-0.15, -0.1) is 0 Å². The highest BCUT2D eigenvalue weighted by Gasteiger charge is 2.27. The van der Waals surface area contributed by atoms with E-state index >= 15 is 0 Å². The predicted molar refractivity (Wildman–Crippen MR) is 159 cm³/mol. The molecule has 1 heterocycles. The second kappa shape index (κ2) is 12.3. The maximum atomic E-state index is 14.0. The number of ether oxygens (including phenoxy) is 1. The van der Waals surface area contributed by atoms with Crippen LogP contribution < -0.4 is 10.3 Å². The molecule has 0 bridgehead atoms. The fraction of sp³-hybridized carbons (Fsp3) is 0.147. The number of hydrogen-bond acceptors (Lipinski definition) is 4.